The average Bonchev–Trinajstić information content (AvgIpc) is 2.46. The monoisotopic (exact) mass is 305 g/mol. The Morgan fingerprint density at radius 3 is 2.71 bits per heavy atom. The second-order valence-corrected chi connectivity index (χ2v) is 5.08. The predicted octanol–water partition coefficient (Wildman–Crippen LogP) is 4.54. The zero-order chi connectivity index (χ0) is 15.1. The Kier molecular flexibility index (Phi) is 5.76. The van der Waals surface area contributed by atoms with Gasteiger partial charge in [-0.25, -0.2) is 0 Å². The van der Waals surface area contributed by atoms with Gasteiger partial charge in [0.1, 0.15) is 18.1 Å². The van der Waals surface area contributed by atoms with Gasteiger partial charge in [0.05, 0.1) is 6.61 Å². The number of hydrogen-bond donors (Lipinski definition) is 1. The number of anilines is 1. The van der Waals surface area contributed by atoms with Gasteiger partial charge in [-0.1, -0.05) is 17.7 Å². The molecule has 0 saturated heterocycles. The second kappa shape index (κ2) is 7.79. The summed E-state index contributed by atoms with van der Waals surface area (Å²) in [6, 6.07) is 13.5. The Morgan fingerprint density at radius 1 is 1.10 bits per heavy atom. The van der Waals surface area contributed by atoms with E-state index in [1.54, 1.807) is 0 Å². The van der Waals surface area contributed by atoms with Gasteiger partial charge in [-0.15, -0.1) is 0 Å². The molecule has 0 unspecified atom stereocenters. The first-order chi connectivity index (χ1) is 10.2. The molecule has 0 bridgehead atoms. The summed E-state index contributed by atoms with van der Waals surface area (Å²) in [6.45, 7) is 5.93. The Labute approximate surface area is 130 Å². The molecule has 4 heteroatoms. The van der Waals surface area contributed by atoms with Gasteiger partial charge < -0.3 is 14.8 Å². The third kappa shape index (κ3) is 4.87. The highest BCUT2D eigenvalue weighted by Crippen LogP contribution is 2.22. The van der Waals surface area contributed by atoms with Crippen molar-refractivity contribution in [1.29, 1.82) is 0 Å². The molecule has 21 heavy (non-hydrogen) atoms. The summed E-state index contributed by atoms with van der Waals surface area (Å²) in [5.41, 5.74) is 2.07. The number of halogens is 1. The van der Waals surface area contributed by atoms with Crippen LogP contribution in [0.15, 0.2) is 42.5 Å². The van der Waals surface area contributed by atoms with Gasteiger partial charge in [0.15, 0.2) is 0 Å². The predicted molar refractivity (Wildman–Crippen MR) is 87.8 cm³/mol. The molecule has 1 N–H and O–H groups in total. The Morgan fingerprint density at radius 2 is 1.95 bits per heavy atom. The van der Waals surface area contributed by atoms with Gasteiger partial charge in [0, 0.05) is 23.3 Å². The lowest BCUT2D eigenvalue weighted by molar-refractivity contribution is 0.330. The minimum Gasteiger partial charge on any atom is -0.494 e. The van der Waals surface area contributed by atoms with Crippen molar-refractivity contribution < 1.29 is 9.47 Å². The molecule has 0 heterocycles. The fraction of sp³-hybridized carbons (Fsp3) is 0.294. The van der Waals surface area contributed by atoms with Crippen LogP contribution >= 0.6 is 11.6 Å². The molecule has 0 fully saturated rings. The van der Waals surface area contributed by atoms with Crippen LogP contribution in [-0.4, -0.2) is 19.8 Å². The Hall–Kier alpha value is -1.87. The first-order valence-corrected chi connectivity index (χ1v) is 7.42. The molecule has 0 aromatic heterocycles. The van der Waals surface area contributed by atoms with E-state index in [9.17, 15) is 0 Å². The molecule has 0 spiro atoms. The molecule has 112 valence electrons. The van der Waals surface area contributed by atoms with E-state index >= 15 is 0 Å². The fourth-order valence-corrected chi connectivity index (χ4v) is 2.22. The highest BCUT2D eigenvalue weighted by atomic mass is 35.5. The number of hydrogen-bond acceptors (Lipinski definition) is 3. The fourth-order valence-electron chi connectivity index (χ4n) is 1.99. The third-order valence-electron chi connectivity index (χ3n) is 2.97. The summed E-state index contributed by atoms with van der Waals surface area (Å²) >= 11 is 5.92. The number of ether oxygens (including phenoxy) is 2. The van der Waals surface area contributed by atoms with E-state index in [0.29, 0.717) is 13.2 Å². The molecule has 2 aromatic carbocycles. The molecule has 3 nitrogen and oxygen atoms in total. The first kappa shape index (κ1) is 15.5. The van der Waals surface area contributed by atoms with E-state index in [1.807, 2.05) is 56.3 Å². The van der Waals surface area contributed by atoms with Crippen LogP contribution in [0.4, 0.5) is 5.69 Å². The summed E-state index contributed by atoms with van der Waals surface area (Å²) in [4.78, 5) is 0. The van der Waals surface area contributed by atoms with Crippen molar-refractivity contribution in [3.8, 4) is 11.5 Å². The summed E-state index contributed by atoms with van der Waals surface area (Å²) in [5, 5.41) is 4.04. The highest BCUT2D eigenvalue weighted by molar-refractivity contribution is 6.30. The van der Waals surface area contributed by atoms with Crippen LogP contribution in [0.25, 0.3) is 0 Å². The van der Waals surface area contributed by atoms with Gasteiger partial charge in [-0.3, -0.25) is 0 Å². The molecular formula is C17H20ClNO2. The minimum absolute atomic E-state index is 0.585. The van der Waals surface area contributed by atoms with Crippen molar-refractivity contribution in [3.63, 3.8) is 0 Å². The van der Waals surface area contributed by atoms with Crippen molar-refractivity contribution in [3.05, 3.63) is 53.1 Å². The Bertz CT molecular complexity index is 587. The second-order valence-electron chi connectivity index (χ2n) is 4.65. The van der Waals surface area contributed by atoms with Crippen LogP contribution in [0.1, 0.15) is 12.5 Å². The molecule has 0 aliphatic rings. The summed E-state index contributed by atoms with van der Waals surface area (Å²) in [7, 11) is 0. The lowest BCUT2D eigenvalue weighted by atomic mass is 10.2. The van der Waals surface area contributed by atoms with Crippen LogP contribution in [-0.2, 0) is 0 Å². The molecule has 2 aromatic rings. The smallest absolute Gasteiger partial charge is 0.122 e. The van der Waals surface area contributed by atoms with Gasteiger partial charge in [-0.2, -0.15) is 0 Å². The minimum atomic E-state index is 0.585. The van der Waals surface area contributed by atoms with Crippen LogP contribution in [0.3, 0.4) is 0 Å². The number of rotatable bonds is 7. The van der Waals surface area contributed by atoms with Crippen LogP contribution in [0.5, 0.6) is 11.5 Å². The van der Waals surface area contributed by atoms with E-state index in [-0.39, 0.29) is 0 Å². The van der Waals surface area contributed by atoms with E-state index < -0.39 is 0 Å². The SMILES string of the molecule is CCOc1cccc(NCCOc2ccc(Cl)cc2C)c1. The van der Waals surface area contributed by atoms with Gasteiger partial charge >= 0.3 is 0 Å². The normalized spacial score (nSPS) is 10.2. The number of benzene rings is 2. The molecule has 0 aliphatic heterocycles. The van der Waals surface area contributed by atoms with Gasteiger partial charge in [0.25, 0.3) is 0 Å². The summed E-state index contributed by atoms with van der Waals surface area (Å²) < 4.78 is 11.2. The lowest BCUT2D eigenvalue weighted by Crippen LogP contribution is -2.12. The van der Waals surface area contributed by atoms with Crippen LogP contribution in [0.2, 0.25) is 5.02 Å². The van der Waals surface area contributed by atoms with E-state index in [0.717, 1.165) is 34.3 Å². The zero-order valence-corrected chi connectivity index (χ0v) is 13.1. The van der Waals surface area contributed by atoms with Crippen molar-refractivity contribution in [2.24, 2.45) is 0 Å². The maximum atomic E-state index is 5.92. The lowest BCUT2D eigenvalue weighted by Gasteiger charge is -2.11. The molecule has 0 aliphatic carbocycles. The molecule has 0 radical (unpaired) electrons. The van der Waals surface area contributed by atoms with Crippen molar-refractivity contribution in [1.82, 2.24) is 0 Å². The third-order valence-corrected chi connectivity index (χ3v) is 3.21. The van der Waals surface area contributed by atoms with Gasteiger partial charge in [-0.05, 0) is 49.7 Å². The number of aryl methyl sites for hydroxylation is 1. The van der Waals surface area contributed by atoms with E-state index in [4.69, 9.17) is 21.1 Å². The standard InChI is InChI=1S/C17H20ClNO2/c1-3-20-16-6-4-5-15(12-16)19-9-10-21-17-8-7-14(18)11-13(17)2/h4-8,11-12,19H,3,9-10H2,1-2H3. The van der Waals surface area contributed by atoms with E-state index in [1.165, 1.54) is 0 Å². The average molecular weight is 306 g/mol. The maximum absolute atomic E-state index is 5.92. The summed E-state index contributed by atoms with van der Waals surface area (Å²) in [5.74, 6) is 1.74. The Balaban J connectivity index is 1.80. The zero-order valence-electron chi connectivity index (χ0n) is 12.4. The quantitative estimate of drug-likeness (QED) is 0.762. The van der Waals surface area contributed by atoms with Crippen LogP contribution in [0, 0.1) is 6.92 Å². The van der Waals surface area contributed by atoms with Crippen molar-refractivity contribution >= 4 is 17.3 Å². The maximum Gasteiger partial charge on any atom is 0.122 e. The van der Waals surface area contributed by atoms with Crippen LogP contribution < -0.4 is 14.8 Å². The molecule has 0 saturated carbocycles. The summed E-state index contributed by atoms with van der Waals surface area (Å²) in [6.07, 6.45) is 0. The topological polar surface area (TPSA) is 30.5 Å². The number of nitrogens with one attached hydrogen (secondary N) is 1. The van der Waals surface area contributed by atoms with Crippen molar-refractivity contribution in [2.75, 3.05) is 25.1 Å². The molecule has 2 rings (SSSR count). The molecule has 0 atom stereocenters. The van der Waals surface area contributed by atoms with E-state index in [2.05, 4.69) is 5.32 Å². The highest BCUT2D eigenvalue weighted by Gasteiger charge is 2.00. The van der Waals surface area contributed by atoms with Crippen molar-refractivity contribution in [2.45, 2.75) is 13.8 Å². The first-order valence-electron chi connectivity index (χ1n) is 7.04. The molecular weight excluding hydrogens is 286 g/mol. The largest absolute Gasteiger partial charge is 0.494 e. The molecule has 0 amide bonds. The van der Waals surface area contributed by atoms with Gasteiger partial charge in [0.2, 0.25) is 0 Å².